The first-order valence-corrected chi connectivity index (χ1v) is 7.18. The van der Waals surface area contributed by atoms with Crippen LogP contribution in [-0.4, -0.2) is 23.5 Å². The predicted octanol–water partition coefficient (Wildman–Crippen LogP) is 2.74. The molecular formula is C15H18ClNO3. The first-order valence-electron chi connectivity index (χ1n) is 6.81. The zero-order valence-electron chi connectivity index (χ0n) is 11.2. The Hall–Kier alpha value is -1.55. The summed E-state index contributed by atoms with van der Waals surface area (Å²) in [7, 11) is 0. The number of benzene rings is 1. The number of carboxylic acids is 1. The number of amides is 1. The summed E-state index contributed by atoms with van der Waals surface area (Å²) < 4.78 is 0. The van der Waals surface area contributed by atoms with E-state index in [2.05, 4.69) is 5.32 Å². The molecular weight excluding hydrogens is 278 g/mol. The van der Waals surface area contributed by atoms with Gasteiger partial charge in [0.2, 0.25) is 5.91 Å². The summed E-state index contributed by atoms with van der Waals surface area (Å²) in [6, 6.07) is 7.29. The lowest BCUT2D eigenvalue weighted by Gasteiger charge is -2.36. The highest BCUT2D eigenvalue weighted by Crippen LogP contribution is 2.40. The Morgan fingerprint density at radius 3 is 2.30 bits per heavy atom. The molecule has 0 unspecified atom stereocenters. The SMILES string of the molecule is O=C(O)CNC(=O)C1(c2ccc(Cl)cc2)CCCCC1. The van der Waals surface area contributed by atoms with Gasteiger partial charge in [0.1, 0.15) is 6.54 Å². The predicted molar refractivity (Wildman–Crippen MR) is 76.9 cm³/mol. The van der Waals surface area contributed by atoms with Crippen molar-refractivity contribution < 1.29 is 14.7 Å². The molecule has 0 bridgehead atoms. The van der Waals surface area contributed by atoms with E-state index in [-0.39, 0.29) is 12.5 Å². The smallest absolute Gasteiger partial charge is 0.322 e. The summed E-state index contributed by atoms with van der Waals surface area (Å²) in [5, 5.41) is 11.9. The van der Waals surface area contributed by atoms with Crippen molar-refractivity contribution in [1.82, 2.24) is 5.32 Å². The molecule has 1 aromatic rings. The van der Waals surface area contributed by atoms with E-state index < -0.39 is 11.4 Å². The maximum absolute atomic E-state index is 12.5. The Kier molecular flexibility index (Phi) is 4.65. The van der Waals surface area contributed by atoms with Crippen LogP contribution in [0.4, 0.5) is 0 Å². The largest absolute Gasteiger partial charge is 0.480 e. The monoisotopic (exact) mass is 295 g/mol. The number of halogens is 1. The minimum Gasteiger partial charge on any atom is -0.480 e. The number of hydrogen-bond donors (Lipinski definition) is 2. The van der Waals surface area contributed by atoms with Gasteiger partial charge in [0.05, 0.1) is 5.41 Å². The molecule has 5 heteroatoms. The molecule has 108 valence electrons. The van der Waals surface area contributed by atoms with E-state index in [9.17, 15) is 9.59 Å². The minimum atomic E-state index is -1.03. The van der Waals surface area contributed by atoms with Gasteiger partial charge in [0, 0.05) is 5.02 Å². The molecule has 0 atom stereocenters. The van der Waals surface area contributed by atoms with Crippen molar-refractivity contribution in [3.8, 4) is 0 Å². The van der Waals surface area contributed by atoms with Gasteiger partial charge in [-0.25, -0.2) is 0 Å². The van der Waals surface area contributed by atoms with Crippen molar-refractivity contribution in [3.63, 3.8) is 0 Å². The fourth-order valence-corrected chi connectivity index (χ4v) is 3.02. The molecule has 0 aromatic heterocycles. The van der Waals surface area contributed by atoms with Crippen LogP contribution in [0.15, 0.2) is 24.3 Å². The van der Waals surface area contributed by atoms with Gasteiger partial charge in [0.15, 0.2) is 0 Å². The Morgan fingerprint density at radius 2 is 1.75 bits per heavy atom. The standard InChI is InChI=1S/C15H18ClNO3/c16-12-6-4-11(5-7-12)15(8-2-1-3-9-15)14(20)17-10-13(18)19/h4-7H,1-3,8-10H2,(H,17,20)(H,18,19). The minimum absolute atomic E-state index is 0.193. The van der Waals surface area contributed by atoms with E-state index in [1.54, 1.807) is 12.1 Å². The zero-order valence-corrected chi connectivity index (χ0v) is 11.9. The third-order valence-electron chi connectivity index (χ3n) is 3.94. The van der Waals surface area contributed by atoms with Gasteiger partial charge < -0.3 is 10.4 Å². The number of nitrogens with one attached hydrogen (secondary N) is 1. The van der Waals surface area contributed by atoms with Crippen LogP contribution in [0.2, 0.25) is 5.02 Å². The number of carbonyl (C=O) groups is 2. The van der Waals surface area contributed by atoms with Crippen LogP contribution in [0.5, 0.6) is 0 Å². The average Bonchev–Trinajstić information content (AvgIpc) is 2.46. The Labute approximate surface area is 123 Å². The summed E-state index contributed by atoms with van der Waals surface area (Å²) in [6.45, 7) is -0.339. The van der Waals surface area contributed by atoms with Gasteiger partial charge >= 0.3 is 5.97 Å². The summed E-state index contributed by atoms with van der Waals surface area (Å²) in [5.41, 5.74) is 0.308. The van der Waals surface area contributed by atoms with E-state index in [4.69, 9.17) is 16.7 Å². The van der Waals surface area contributed by atoms with Crippen LogP contribution in [0, 0.1) is 0 Å². The molecule has 1 fully saturated rings. The van der Waals surface area contributed by atoms with E-state index >= 15 is 0 Å². The molecule has 2 N–H and O–H groups in total. The van der Waals surface area contributed by atoms with Crippen LogP contribution in [-0.2, 0) is 15.0 Å². The fourth-order valence-electron chi connectivity index (χ4n) is 2.90. The molecule has 1 amide bonds. The summed E-state index contributed by atoms with van der Waals surface area (Å²) in [6.07, 6.45) is 4.56. The second-order valence-electron chi connectivity index (χ2n) is 5.23. The highest BCUT2D eigenvalue weighted by molar-refractivity contribution is 6.30. The van der Waals surface area contributed by atoms with Crippen LogP contribution in [0.25, 0.3) is 0 Å². The number of carbonyl (C=O) groups excluding carboxylic acids is 1. The van der Waals surface area contributed by atoms with Crippen LogP contribution in [0.3, 0.4) is 0 Å². The molecule has 0 heterocycles. The third-order valence-corrected chi connectivity index (χ3v) is 4.19. The van der Waals surface area contributed by atoms with Crippen molar-refractivity contribution in [2.75, 3.05) is 6.54 Å². The first kappa shape index (κ1) is 14.9. The van der Waals surface area contributed by atoms with E-state index in [0.717, 1.165) is 37.7 Å². The van der Waals surface area contributed by atoms with Gasteiger partial charge in [-0.3, -0.25) is 9.59 Å². The third kappa shape index (κ3) is 3.12. The van der Waals surface area contributed by atoms with Crippen molar-refractivity contribution in [2.45, 2.75) is 37.5 Å². The number of hydrogen-bond acceptors (Lipinski definition) is 2. The van der Waals surface area contributed by atoms with Crippen molar-refractivity contribution >= 4 is 23.5 Å². The highest BCUT2D eigenvalue weighted by Gasteiger charge is 2.41. The maximum atomic E-state index is 12.5. The zero-order chi connectivity index (χ0) is 14.6. The first-order chi connectivity index (χ1) is 9.54. The fraction of sp³-hybridized carbons (Fsp3) is 0.467. The lowest BCUT2D eigenvalue weighted by molar-refractivity contribution is -0.139. The number of rotatable bonds is 4. The quantitative estimate of drug-likeness (QED) is 0.897. The Morgan fingerprint density at radius 1 is 1.15 bits per heavy atom. The second kappa shape index (κ2) is 6.27. The number of aliphatic carboxylic acids is 1. The highest BCUT2D eigenvalue weighted by atomic mass is 35.5. The van der Waals surface area contributed by atoms with Gasteiger partial charge in [-0.15, -0.1) is 0 Å². The van der Waals surface area contributed by atoms with E-state index in [1.807, 2.05) is 12.1 Å². The average molecular weight is 296 g/mol. The number of carboxylic acid groups (broad SMARTS) is 1. The van der Waals surface area contributed by atoms with Crippen LogP contribution in [0.1, 0.15) is 37.7 Å². The van der Waals surface area contributed by atoms with E-state index in [0.29, 0.717) is 5.02 Å². The molecule has 2 rings (SSSR count). The molecule has 0 radical (unpaired) electrons. The molecule has 0 spiro atoms. The second-order valence-corrected chi connectivity index (χ2v) is 5.66. The summed E-state index contributed by atoms with van der Waals surface area (Å²) in [4.78, 5) is 23.1. The Balaban J connectivity index is 2.27. The lowest BCUT2D eigenvalue weighted by Crippen LogP contribution is -2.47. The van der Waals surface area contributed by atoms with Crippen molar-refractivity contribution in [3.05, 3.63) is 34.9 Å². The van der Waals surface area contributed by atoms with Crippen molar-refractivity contribution in [2.24, 2.45) is 0 Å². The van der Waals surface area contributed by atoms with Gasteiger partial charge in [-0.05, 0) is 30.5 Å². The molecule has 0 saturated heterocycles. The molecule has 20 heavy (non-hydrogen) atoms. The summed E-state index contributed by atoms with van der Waals surface area (Å²) >= 11 is 5.90. The lowest BCUT2D eigenvalue weighted by atomic mass is 9.68. The summed E-state index contributed by atoms with van der Waals surface area (Å²) in [5.74, 6) is -1.22. The van der Waals surface area contributed by atoms with Crippen LogP contribution < -0.4 is 5.32 Å². The van der Waals surface area contributed by atoms with E-state index in [1.165, 1.54) is 0 Å². The van der Waals surface area contributed by atoms with Gasteiger partial charge in [0.25, 0.3) is 0 Å². The van der Waals surface area contributed by atoms with Crippen LogP contribution >= 0.6 is 11.6 Å². The topological polar surface area (TPSA) is 66.4 Å². The van der Waals surface area contributed by atoms with Gasteiger partial charge in [-0.1, -0.05) is 43.0 Å². The molecule has 1 aliphatic rings. The molecule has 1 saturated carbocycles. The normalized spacial score (nSPS) is 17.4. The Bertz CT molecular complexity index is 492. The molecule has 1 aromatic carbocycles. The van der Waals surface area contributed by atoms with Gasteiger partial charge in [-0.2, -0.15) is 0 Å². The maximum Gasteiger partial charge on any atom is 0.322 e. The molecule has 1 aliphatic carbocycles. The molecule has 4 nitrogen and oxygen atoms in total. The molecule has 0 aliphatic heterocycles. The van der Waals surface area contributed by atoms with Crippen molar-refractivity contribution in [1.29, 1.82) is 0 Å².